The van der Waals surface area contributed by atoms with Gasteiger partial charge in [0, 0.05) is 11.1 Å². The predicted octanol–water partition coefficient (Wildman–Crippen LogP) is 3.36. The lowest BCUT2D eigenvalue weighted by atomic mass is 10.1. The normalized spacial score (nSPS) is 12.1. The zero-order chi connectivity index (χ0) is 21.3. The zero-order valence-electron chi connectivity index (χ0n) is 16.9. The van der Waals surface area contributed by atoms with E-state index in [9.17, 15) is 9.59 Å². The van der Waals surface area contributed by atoms with Crippen molar-refractivity contribution in [3.05, 3.63) is 32.7 Å². The number of amides is 2. The zero-order valence-corrected chi connectivity index (χ0v) is 20.1. The van der Waals surface area contributed by atoms with Crippen molar-refractivity contribution < 1.29 is 9.59 Å². The van der Waals surface area contributed by atoms with Crippen molar-refractivity contribution in [1.82, 2.24) is 30.2 Å². The summed E-state index contributed by atoms with van der Waals surface area (Å²) in [5.74, 6) is -0.437. The van der Waals surface area contributed by atoms with Gasteiger partial charge >= 0.3 is 0 Å². The Morgan fingerprint density at radius 3 is 1.43 bits per heavy atom. The summed E-state index contributed by atoms with van der Waals surface area (Å²) < 4.78 is 4.43. The molecule has 154 valence electrons. The first-order chi connectivity index (χ1) is 12.8. The maximum absolute atomic E-state index is 12.6. The van der Waals surface area contributed by atoms with E-state index in [0.717, 1.165) is 0 Å². The lowest BCUT2D eigenvalue weighted by Gasteiger charge is -2.21. The Morgan fingerprint density at radius 2 is 1.14 bits per heavy atom. The van der Waals surface area contributed by atoms with Crippen LogP contribution < -0.4 is 10.6 Å². The maximum Gasteiger partial charge on any atom is 0.271 e. The fourth-order valence-electron chi connectivity index (χ4n) is 2.50. The van der Waals surface area contributed by atoms with Gasteiger partial charge in [0.05, 0.1) is 34.4 Å². The van der Waals surface area contributed by atoms with E-state index in [1.165, 1.54) is 0 Å². The first kappa shape index (κ1) is 22.6. The molecule has 2 amide bonds. The Labute approximate surface area is 181 Å². The molecule has 2 aromatic heterocycles. The van der Waals surface area contributed by atoms with Gasteiger partial charge in [-0.25, -0.2) is 0 Å². The number of aromatic nitrogens is 4. The Morgan fingerprint density at radius 1 is 0.821 bits per heavy atom. The fourth-order valence-corrected chi connectivity index (χ4v) is 3.46. The number of hydrogen-bond acceptors (Lipinski definition) is 4. The third kappa shape index (κ3) is 5.91. The summed E-state index contributed by atoms with van der Waals surface area (Å²) in [5.41, 5.74) is 0.136. The van der Waals surface area contributed by atoms with Gasteiger partial charge in [-0.3, -0.25) is 19.0 Å². The van der Waals surface area contributed by atoms with Crippen LogP contribution in [-0.2, 0) is 13.1 Å². The molecular weight excluding hydrogens is 492 g/mol. The minimum atomic E-state index is -0.364. The van der Waals surface area contributed by atoms with Crippen molar-refractivity contribution in [2.24, 2.45) is 0 Å². The first-order valence-corrected chi connectivity index (χ1v) is 10.4. The quantitative estimate of drug-likeness (QED) is 0.635. The molecule has 0 saturated heterocycles. The Balaban J connectivity index is 2.21. The smallest absolute Gasteiger partial charge is 0.271 e. The number of nitrogens with zero attached hydrogens (tertiary/aromatic N) is 4. The second-order valence-corrected chi connectivity index (χ2v) is 10.2. The molecule has 2 aromatic rings. The molecule has 0 saturated carbocycles. The summed E-state index contributed by atoms with van der Waals surface area (Å²) in [5, 5.41) is 14.4. The van der Waals surface area contributed by atoms with E-state index < -0.39 is 0 Å². The summed E-state index contributed by atoms with van der Waals surface area (Å²) in [7, 11) is 0. The highest BCUT2D eigenvalue weighted by Gasteiger charge is 2.24. The van der Waals surface area contributed by atoms with E-state index in [2.05, 4.69) is 52.7 Å². The van der Waals surface area contributed by atoms with Crippen molar-refractivity contribution in [3.63, 3.8) is 0 Å². The van der Waals surface area contributed by atoms with Crippen LogP contribution in [0.25, 0.3) is 0 Å². The third-order valence-corrected chi connectivity index (χ3v) is 4.68. The van der Waals surface area contributed by atoms with Crippen LogP contribution in [0.1, 0.15) is 62.5 Å². The highest BCUT2D eigenvalue weighted by Crippen LogP contribution is 2.19. The van der Waals surface area contributed by atoms with Gasteiger partial charge in [0.2, 0.25) is 0 Å². The maximum atomic E-state index is 12.6. The molecule has 0 aliphatic carbocycles. The standard InChI is InChI=1S/C18H26Br2N6O2/c1-17(2,3)23-15(27)13-11(19)9-21-25(13)7-8-26-14(12(20)10-22-26)16(28)24-18(4,5)6/h9-10H,7-8H2,1-6H3,(H,23,27)(H,24,28). The van der Waals surface area contributed by atoms with Crippen LogP contribution >= 0.6 is 31.9 Å². The van der Waals surface area contributed by atoms with Gasteiger partial charge in [0.15, 0.2) is 0 Å². The van der Waals surface area contributed by atoms with Crippen LogP contribution in [-0.4, -0.2) is 42.5 Å². The second-order valence-electron chi connectivity index (χ2n) is 8.54. The molecular formula is C18H26Br2N6O2. The minimum Gasteiger partial charge on any atom is -0.346 e. The number of nitrogens with one attached hydrogen (secondary N) is 2. The lowest BCUT2D eigenvalue weighted by molar-refractivity contribution is 0.0893. The topological polar surface area (TPSA) is 93.8 Å². The first-order valence-electron chi connectivity index (χ1n) is 8.86. The minimum absolute atomic E-state index is 0.218. The van der Waals surface area contributed by atoms with Gasteiger partial charge < -0.3 is 10.6 Å². The third-order valence-electron chi connectivity index (χ3n) is 3.52. The van der Waals surface area contributed by atoms with Gasteiger partial charge in [-0.2, -0.15) is 10.2 Å². The van der Waals surface area contributed by atoms with Crippen molar-refractivity contribution in [3.8, 4) is 0 Å². The molecule has 2 rings (SSSR count). The Hall–Kier alpha value is -1.68. The molecule has 0 atom stereocenters. The van der Waals surface area contributed by atoms with Gasteiger partial charge in [0.25, 0.3) is 11.8 Å². The van der Waals surface area contributed by atoms with Crippen LogP contribution in [0, 0.1) is 0 Å². The SMILES string of the molecule is CC(C)(C)NC(=O)c1c(Br)cnn1CCn1ncc(Br)c1C(=O)NC(C)(C)C. The van der Waals surface area contributed by atoms with Crippen LogP contribution in [0.3, 0.4) is 0 Å². The number of hydrogen-bond donors (Lipinski definition) is 2. The summed E-state index contributed by atoms with van der Waals surface area (Å²) in [6, 6.07) is 0. The molecule has 2 heterocycles. The average molecular weight is 518 g/mol. The van der Waals surface area contributed by atoms with Crippen molar-refractivity contribution in [1.29, 1.82) is 0 Å². The lowest BCUT2D eigenvalue weighted by Crippen LogP contribution is -2.42. The monoisotopic (exact) mass is 516 g/mol. The van der Waals surface area contributed by atoms with Crippen LogP contribution in [0.5, 0.6) is 0 Å². The van der Waals surface area contributed by atoms with Gasteiger partial charge in [-0.15, -0.1) is 0 Å². The highest BCUT2D eigenvalue weighted by atomic mass is 79.9. The molecule has 0 spiro atoms. The molecule has 0 radical (unpaired) electrons. The molecule has 0 aromatic carbocycles. The Kier molecular flexibility index (Phi) is 6.75. The molecule has 0 aliphatic rings. The van der Waals surface area contributed by atoms with Gasteiger partial charge in [-0.1, -0.05) is 0 Å². The van der Waals surface area contributed by atoms with Gasteiger partial charge in [-0.05, 0) is 73.4 Å². The van der Waals surface area contributed by atoms with E-state index in [4.69, 9.17) is 0 Å². The molecule has 0 bridgehead atoms. The molecule has 0 fully saturated rings. The number of halogens is 2. The van der Waals surface area contributed by atoms with Crippen molar-refractivity contribution in [2.45, 2.75) is 65.7 Å². The summed E-state index contributed by atoms with van der Waals surface area (Å²) in [6.07, 6.45) is 3.17. The van der Waals surface area contributed by atoms with E-state index in [1.807, 2.05) is 41.5 Å². The number of carbonyl (C=O) groups is 2. The van der Waals surface area contributed by atoms with E-state index in [1.54, 1.807) is 21.8 Å². The Bertz CT molecular complexity index is 801. The largest absolute Gasteiger partial charge is 0.346 e. The molecule has 0 aliphatic heterocycles. The predicted molar refractivity (Wildman–Crippen MR) is 114 cm³/mol. The number of carbonyl (C=O) groups excluding carboxylic acids is 2. The number of aryl methyl sites for hydroxylation is 2. The second kappa shape index (κ2) is 8.36. The summed E-state index contributed by atoms with van der Waals surface area (Å²) in [4.78, 5) is 25.2. The fraction of sp³-hybridized carbons (Fsp3) is 0.556. The molecule has 28 heavy (non-hydrogen) atoms. The molecule has 0 unspecified atom stereocenters. The van der Waals surface area contributed by atoms with Crippen LogP contribution in [0.4, 0.5) is 0 Å². The van der Waals surface area contributed by atoms with Crippen LogP contribution in [0.15, 0.2) is 21.3 Å². The van der Waals surface area contributed by atoms with E-state index in [-0.39, 0.29) is 22.9 Å². The highest BCUT2D eigenvalue weighted by molar-refractivity contribution is 9.10. The summed E-state index contributed by atoms with van der Waals surface area (Å²) >= 11 is 6.78. The summed E-state index contributed by atoms with van der Waals surface area (Å²) in [6.45, 7) is 12.3. The van der Waals surface area contributed by atoms with E-state index in [0.29, 0.717) is 33.4 Å². The van der Waals surface area contributed by atoms with E-state index >= 15 is 0 Å². The van der Waals surface area contributed by atoms with Crippen molar-refractivity contribution >= 4 is 43.7 Å². The number of rotatable bonds is 5. The molecule has 2 N–H and O–H groups in total. The van der Waals surface area contributed by atoms with Gasteiger partial charge in [0.1, 0.15) is 11.4 Å². The molecule has 8 nitrogen and oxygen atoms in total. The van der Waals surface area contributed by atoms with Crippen molar-refractivity contribution in [2.75, 3.05) is 0 Å². The average Bonchev–Trinajstić information content (AvgIpc) is 3.04. The van der Waals surface area contributed by atoms with Crippen LogP contribution in [0.2, 0.25) is 0 Å². The molecule has 10 heteroatoms.